The topological polar surface area (TPSA) is 30.8 Å². The summed E-state index contributed by atoms with van der Waals surface area (Å²) in [5.41, 5.74) is 9.35. The summed E-state index contributed by atoms with van der Waals surface area (Å²) in [5.74, 6) is 3.97. The SMILES string of the molecule is C=C(CCC1CC2CC(C)(C)CC2C2CC(C)(C)OC12)CC1=C(c2ccc(OC)cc2)C(c2ccc(CC)cc2)=NC1. The van der Waals surface area contributed by atoms with E-state index in [4.69, 9.17) is 14.5 Å². The van der Waals surface area contributed by atoms with Gasteiger partial charge in [-0.1, -0.05) is 69.3 Å². The number of aliphatic imine (C=N–C) groups is 1. The lowest BCUT2D eigenvalue weighted by atomic mass is 9.65. The van der Waals surface area contributed by atoms with E-state index in [2.05, 4.69) is 89.7 Å². The number of hydrogen-bond acceptors (Lipinski definition) is 3. The van der Waals surface area contributed by atoms with E-state index in [9.17, 15) is 0 Å². The van der Waals surface area contributed by atoms with E-state index in [0.717, 1.165) is 55.0 Å². The molecule has 3 nitrogen and oxygen atoms in total. The van der Waals surface area contributed by atoms with Crippen LogP contribution in [0.3, 0.4) is 0 Å². The molecule has 2 saturated carbocycles. The number of aryl methyl sites for hydroxylation is 1. The van der Waals surface area contributed by atoms with Crippen molar-refractivity contribution >= 4 is 11.3 Å². The van der Waals surface area contributed by atoms with E-state index >= 15 is 0 Å². The fourth-order valence-corrected chi connectivity index (χ4v) is 9.00. The zero-order chi connectivity index (χ0) is 29.6. The molecule has 42 heavy (non-hydrogen) atoms. The summed E-state index contributed by atoms with van der Waals surface area (Å²) in [6.07, 6.45) is 9.96. The molecule has 5 unspecified atom stereocenters. The van der Waals surface area contributed by atoms with Gasteiger partial charge in [-0.05, 0) is 123 Å². The molecule has 3 heteroatoms. The number of hydrogen-bond donors (Lipinski definition) is 0. The summed E-state index contributed by atoms with van der Waals surface area (Å²) in [7, 11) is 1.72. The molecule has 2 aromatic carbocycles. The quantitative estimate of drug-likeness (QED) is 0.284. The lowest BCUT2D eigenvalue weighted by Gasteiger charge is -2.41. The zero-order valence-electron chi connectivity index (χ0n) is 26.8. The van der Waals surface area contributed by atoms with Crippen LogP contribution in [0.2, 0.25) is 0 Å². The first-order valence-corrected chi connectivity index (χ1v) is 16.4. The number of nitrogens with zero attached hydrogens (tertiary/aromatic N) is 1. The minimum Gasteiger partial charge on any atom is -0.497 e. The Morgan fingerprint density at radius 3 is 2.36 bits per heavy atom. The Morgan fingerprint density at radius 2 is 1.67 bits per heavy atom. The maximum Gasteiger partial charge on any atom is 0.118 e. The molecule has 0 N–H and O–H groups in total. The van der Waals surface area contributed by atoms with Gasteiger partial charge >= 0.3 is 0 Å². The predicted octanol–water partition coefficient (Wildman–Crippen LogP) is 9.50. The molecule has 2 aliphatic carbocycles. The summed E-state index contributed by atoms with van der Waals surface area (Å²) in [6.45, 7) is 17.2. The Balaban J connectivity index is 1.20. The van der Waals surface area contributed by atoms with Crippen molar-refractivity contribution in [1.29, 1.82) is 0 Å². The van der Waals surface area contributed by atoms with Gasteiger partial charge in [0.15, 0.2) is 0 Å². The van der Waals surface area contributed by atoms with E-state index in [1.807, 2.05) is 0 Å². The fraction of sp³-hybridized carbons (Fsp3) is 0.564. The van der Waals surface area contributed by atoms with E-state index in [1.165, 1.54) is 65.5 Å². The summed E-state index contributed by atoms with van der Waals surface area (Å²) in [5, 5.41) is 0. The molecule has 2 aromatic rings. The number of fused-ring (bicyclic) bond motifs is 3. The Morgan fingerprint density at radius 1 is 0.952 bits per heavy atom. The molecule has 0 spiro atoms. The van der Waals surface area contributed by atoms with E-state index in [1.54, 1.807) is 7.11 Å². The number of allylic oxidation sites excluding steroid dienone is 2. The van der Waals surface area contributed by atoms with Crippen LogP contribution in [0.1, 0.15) is 96.3 Å². The third-order valence-electron chi connectivity index (χ3n) is 10.8. The minimum absolute atomic E-state index is 0.0111. The van der Waals surface area contributed by atoms with Crippen LogP contribution in [-0.2, 0) is 11.2 Å². The van der Waals surface area contributed by atoms with Crippen LogP contribution in [0.15, 0.2) is 71.2 Å². The second kappa shape index (κ2) is 11.5. The van der Waals surface area contributed by atoms with Gasteiger partial charge in [0.1, 0.15) is 5.75 Å². The fourth-order valence-electron chi connectivity index (χ4n) is 9.00. The Kier molecular flexibility index (Phi) is 8.02. The molecule has 2 aliphatic heterocycles. The molecule has 0 amide bonds. The monoisotopic (exact) mass is 565 g/mol. The van der Waals surface area contributed by atoms with Gasteiger partial charge < -0.3 is 9.47 Å². The molecule has 224 valence electrons. The van der Waals surface area contributed by atoms with Gasteiger partial charge in [-0.15, -0.1) is 0 Å². The first-order chi connectivity index (χ1) is 20.1. The van der Waals surface area contributed by atoms with Crippen molar-refractivity contribution in [3.63, 3.8) is 0 Å². The minimum atomic E-state index is 0.0111. The molecule has 1 saturated heterocycles. The molecule has 0 radical (unpaired) electrons. The van der Waals surface area contributed by atoms with Crippen LogP contribution >= 0.6 is 0 Å². The largest absolute Gasteiger partial charge is 0.497 e. The Hall–Kier alpha value is -2.65. The normalized spacial score (nSPS) is 29.3. The van der Waals surface area contributed by atoms with Crippen molar-refractivity contribution in [3.8, 4) is 5.75 Å². The number of benzene rings is 2. The molecule has 5 atom stereocenters. The highest BCUT2D eigenvalue weighted by Gasteiger charge is 2.56. The van der Waals surface area contributed by atoms with Crippen molar-refractivity contribution < 1.29 is 9.47 Å². The summed E-state index contributed by atoms with van der Waals surface area (Å²) >= 11 is 0. The van der Waals surface area contributed by atoms with Crippen LogP contribution in [0.4, 0.5) is 0 Å². The second-order valence-electron chi connectivity index (χ2n) is 15.1. The van der Waals surface area contributed by atoms with Crippen LogP contribution in [0.25, 0.3) is 5.57 Å². The van der Waals surface area contributed by atoms with Crippen molar-refractivity contribution in [2.75, 3.05) is 13.7 Å². The van der Waals surface area contributed by atoms with Gasteiger partial charge in [-0.2, -0.15) is 0 Å². The summed E-state index contributed by atoms with van der Waals surface area (Å²) in [6, 6.07) is 17.4. The van der Waals surface area contributed by atoms with Crippen molar-refractivity contribution in [3.05, 3.63) is 82.9 Å². The second-order valence-corrected chi connectivity index (χ2v) is 15.1. The van der Waals surface area contributed by atoms with E-state index in [0.29, 0.717) is 17.4 Å². The molecule has 2 heterocycles. The summed E-state index contributed by atoms with van der Waals surface area (Å²) in [4.78, 5) is 5.11. The van der Waals surface area contributed by atoms with Crippen LogP contribution < -0.4 is 4.74 Å². The Labute approximate surface area is 254 Å². The molecule has 0 aromatic heterocycles. The molecule has 3 fully saturated rings. The highest BCUT2D eigenvalue weighted by molar-refractivity contribution is 6.34. The zero-order valence-corrected chi connectivity index (χ0v) is 26.8. The maximum atomic E-state index is 6.81. The summed E-state index contributed by atoms with van der Waals surface area (Å²) < 4.78 is 12.3. The predicted molar refractivity (Wildman–Crippen MR) is 175 cm³/mol. The molecule has 6 rings (SSSR count). The molecular weight excluding hydrogens is 514 g/mol. The van der Waals surface area contributed by atoms with Crippen LogP contribution in [0.5, 0.6) is 5.75 Å². The standard InChI is InChI=1S/C39H51NO2/c1-8-26-10-13-28(14-11-26)36-35(27-15-17-32(41-7)18-16-27)31(24-40-36)19-25(2)9-12-29-20-30-21-38(3,4)22-33(30)34-23-39(5,6)42-37(29)34/h10-11,13-18,29-30,33-34,37H,2,8-9,12,19-24H2,1,3-7H3. The van der Waals surface area contributed by atoms with Gasteiger partial charge in [0, 0.05) is 11.1 Å². The van der Waals surface area contributed by atoms with Crippen molar-refractivity contribution in [2.24, 2.45) is 34.1 Å². The average molecular weight is 566 g/mol. The van der Waals surface area contributed by atoms with Gasteiger partial charge in [0.2, 0.25) is 0 Å². The Bertz CT molecular complexity index is 1360. The van der Waals surface area contributed by atoms with Gasteiger partial charge in [-0.3, -0.25) is 4.99 Å². The van der Waals surface area contributed by atoms with Crippen LogP contribution in [0, 0.1) is 29.1 Å². The number of ether oxygens (including phenoxy) is 2. The van der Waals surface area contributed by atoms with Gasteiger partial charge in [-0.25, -0.2) is 0 Å². The molecule has 4 aliphatic rings. The number of methoxy groups -OCH3 is 1. The lowest BCUT2D eigenvalue weighted by molar-refractivity contribution is -0.0758. The highest BCUT2D eigenvalue weighted by atomic mass is 16.5. The maximum absolute atomic E-state index is 6.81. The van der Waals surface area contributed by atoms with E-state index in [-0.39, 0.29) is 5.60 Å². The van der Waals surface area contributed by atoms with Crippen LogP contribution in [-0.4, -0.2) is 31.1 Å². The first-order valence-electron chi connectivity index (χ1n) is 16.4. The highest BCUT2D eigenvalue weighted by Crippen LogP contribution is 2.60. The van der Waals surface area contributed by atoms with Gasteiger partial charge in [0.05, 0.1) is 31.1 Å². The van der Waals surface area contributed by atoms with Crippen molar-refractivity contribution in [1.82, 2.24) is 0 Å². The first kappa shape index (κ1) is 29.4. The van der Waals surface area contributed by atoms with Crippen molar-refractivity contribution in [2.45, 2.75) is 97.7 Å². The van der Waals surface area contributed by atoms with Gasteiger partial charge in [0.25, 0.3) is 0 Å². The third kappa shape index (κ3) is 5.91. The number of rotatable bonds is 9. The smallest absolute Gasteiger partial charge is 0.118 e. The molecular formula is C39H51NO2. The van der Waals surface area contributed by atoms with E-state index < -0.39 is 0 Å². The third-order valence-corrected chi connectivity index (χ3v) is 10.8. The lowest BCUT2D eigenvalue weighted by Crippen LogP contribution is -2.39. The molecule has 0 bridgehead atoms. The average Bonchev–Trinajstić information content (AvgIpc) is 3.63.